The van der Waals surface area contributed by atoms with Crippen molar-refractivity contribution >= 4 is 22.3 Å². The minimum absolute atomic E-state index is 0.252. The highest BCUT2D eigenvalue weighted by Gasteiger charge is 2.11. The smallest absolute Gasteiger partial charge is 0.161 e. The van der Waals surface area contributed by atoms with Crippen molar-refractivity contribution in [2.75, 3.05) is 11.9 Å². The summed E-state index contributed by atoms with van der Waals surface area (Å²) in [5.74, 6) is 3.93. The van der Waals surface area contributed by atoms with Crippen molar-refractivity contribution in [3.8, 4) is 29.4 Å². The Hall–Kier alpha value is -3.84. The lowest BCUT2D eigenvalue weighted by Crippen LogP contribution is -1.99. The van der Waals surface area contributed by atoms with Gasteiger partial charge in [0.1, 0.15) is 18.1 Å². The molecule has 0 radical (unpaired) electrons. The first kappa shape index (κ1) is 16.6. The molecule has 0 aliphatic rings. The second-order valence-corrected chi connectivity index (χ2v) is 5.95. The normalized spacial score (nSPS) is 10.3. The number of ether oxygens (including phenoxy) is 1. The number of rotatable bonds is 5. The average Bonchev–Trinajstić information content (AvgIpc) is 2.74. The van der Waals surface area contributed by atoms with Crippen molar-refractivity contribution in [3.63, 3.8) is 0 Å². The summed E-state index contributed by atoms with van der Waals surface area (Å²) in [6, 6.07) is 25.8. The highest BCUT2D eigenvalue weighted by molar-refractivity contribution is 6.00. The predicted molar refractivity (Wildman–Crippen MR) is 109 cm³/mol. The van der Waals surface area contributed by atoms with E-state index in [2.05, 4.69) is 27.5 Å². The Morgan fingerprint density at radius 3 is 2.26 bits per heavy atom. The number of fused-ring (bicyclic) bond motifs is 1. The van der Waals surface area contributed by atoms with E-state index in [9.17, 15) is 0 Å². The first-order valence-electron chi connectivity index (χ1n) is 8.59. The molecule has 1 heterocycles. The zero-order chi connectivity index (χ0) is 18.5. The number of anilines is 2. The van der Waals surface area contributed by atoms with Gasteiger partial charge < -0.3 is 10.1 Å². The summed E-state index contributed by atoms with van der Waals surface area (Å²) < 4.78 is 5.44. The van der Waals surface area contributed by atoms with Crippen LogP contribution in [0.3, 0.4) is 0 Å². The minimum Gasteiger partial charge on any atom is -0.481 e. The van der Waals surface area contributed by atoms with Crippen LogP contribution in [0, 0.1) is 12.3 Å². The van der Waals surface area contributed by atoms with Crippen LogP contribution in [0.4, 0.5) is 11.5 Å². The van der Waals surface area contributed by atoms with E-state index >= 15 is 0 Å². The molecule has 3 aromatic carbocycles. The summed E-state index contributed by atoms with van der Waals surface area (Å²) in [5, 5.41) is 14.3. The molecule has 1 N–H and O–H groups in total. The molecular weight excluding hydrogens is 334 g/mol. The van der Waals surface area contributed by atoms with Crippen molar-refractivity contribution in [2.45, 2.75) is 0 Å². The van der Waals surface area contributed by atoms with E-state index in [4.69, 9.17) is 11.2 Å². The van der Waals surface area contributed by atoms with Gasteiger partial charge in [-0.2, -0.15) is 0 Å². The molecule has 4 rings (SSSR count). The molecule has 0 aliphatic carbocycles. The Labute approximate surface area is 157 Å². The zero-order valence-corrected chi connectivity index (χ0v) is 14.6. The Balaban J connectivity index is 1.73. The first-order valence-corrected chi connectivity index (χ1v) is 8.59. The third kappa shape index (κ3) is 3.58. The van der Waals surface area contributed by atoms with E-state index < -0.39 is 0 Å². The van der Waals surface area contributed by atoms with Gasteiger partial charge >= 0.3 is 0 Å². The molecule has 0 bridgehead atoms. The lowest BCUT2D eigenvalue weighted by atomic mass is 10.0. The molecule has 4 aromatic rings. The van der Waals surface area contributed by atoms with Gasteiger partial charge in [-0.25, -0.2) is 0 Å². The van der Waals surface area contributed by atoms with Crippen molar-refractivity contribution in [2.24, 2.45) is 0 Å². The first-order chi connectivity index (χ1) is 13.3. The molecule has 0 unspecified atom stereocenters. The number of terminal acetylenes is 1. The number of aromatic nitrogens is 2. The number of para-hydroxylation sites is 1. The van der Waals surface area contributed by atoms with Crippen LogP contribution in [-0.4, -0.2) is 16.8 Å². The molecule has 0 saturated carbocycles. The molecule has 4 heteroatoms. The third-order valence-corrected chi connectivity index (χ3v) is 4.17. The quantitative estimate of drug-likeness (QED) is 0.511. The fraction of sp³-hybridized carbons (Fsp3) is 0.0435. The van der Waals surface area contributed by atoms with Gasteiger partial charge in [-0.3, -0.25) is 0 Å². The van der Waals surface area contributed by atoms with Crippen LogP contribution in [0.2, 0.25) is 0 Å². The van der Waals surface area contributed by atoms with Crippen molar-refractivity contribution < 1.29 is 4.74 Å². The van der Waals surface area contributed by atoms with Gasteiger partial charge in [-0.1, -0.05) is 48.4 Å². The lowest BCUT2D eigenvalue weighted by molar-refractivity contribution is 0.370. The highest BCUT2D eigenvalue weighted by atomic mass is 16.5. The molecule has 0 saturated heterocycles. The summed E-state index contributed by atoms with van der Waals surface area (Å²) in [6.07, 6.45) is 5.23. The van der Waals surface area contributed by atoms with Crippen LogP contribution in [0.1, 0.15) is 0 Å². The van der Waals surface area contributed by atoms with Crippen LogP contribution < -0.4 is 10.1 Å². The Kier molecular flexibility index (Phi) is 4.67. The second-order valence-electron chi connectivity index (χ2n) is 5.95. The van der Waals surface area contributed by atoms with E-state index in [-0.39, 0.29) is 6.61 Å². The summed E-state index contributed by atoms with van der Waals surface area (Å²) in [5.41, 5.74) is 2.77. The number of nitrogens with one attached hydrogen (secondary N) is 1. The van der Waals surface area contributed by atoms with E-state index in [0.29, 0.717) is 0 Å². The molecule has 4 nitrogen and oxygen atoms in total. The van der Waals surface area contributed by atoms with Crippen molar-refractivity contribution in [1.82, 2.24) is 10.2 Å². The standard InChI is InChI=1S/C23H17N3O/c1-2-16-27-19-14-12-17(13-15-19)22-20-10-6-7-11-21(20)23(26-25-22)24-18-8-4-3-5-9-18/h1,3-15H,16H2,(H,24,26). The SMILES string of the molecule is C#CCOc1ccc(-c2nnc(Nc3ccccc3)c3ccccc23)cc1. The summed E-state index contributed by atoms with van der Waals surface area (Å²) in [4.78, 5) is 0. The molecule has 1 aromatic heterocycles. The van der Waals surface area contributed by atoms with E-state index in [0.717, 1.165) is 39.3 Å². The maximum atomic E-state index is 5.44. The molecule has 130 valence electrons. The van der Waals surface area contributed by atoms with Crippen molar-refractivity contribution in [3.05, 3.63) is 78.9 Å². The van der Waals surface area contributed by atoms with Gasteiger partial charge in [-0.15, -0.1) is 16.6 Å². The van der Waals surface area contributed by atoms with Gasteiger partial charge in [0, 0.05) is 22.0 Å². The fourth-order valence-corrected chi connectivity index (χ4v) is 2.90. The lowest BCUT2D eigenvalue weighted by Gasteiger charge is -2.11. The topological polar surface area (TPSA) is 47.0 Å². The fourth-order valence-electron chi connectivity index (χ4n) is 2.90. The zero-order valence-electron chi connectivity index (χ0n) is 14.6. The predicted octanol–water partition coefficient (Wildman–Crippen LogP) is 5.05. The van der Waals surface area contributed by atoms with Gasteiger partial charge in [0.2, 0.25) is 0 Å². The van der Waals surface area contributed by atoms with E-state index in [1.807, 2.05) is 72.8 Å². The maximum absolute atomic E-state index is 5.44. The number of benzene rings is 3. The molecule has 0 atom stereocenters. The van der Waals surface area contributed by atoms with Crippen LogP contribution >= 0.6 is 0 Å². The third-order valence-electron chi connectivity index (χ3n) is 4.17. The second kappa shape index (κ2) is 7.59. The van der Waals surface area contributed by atoms with E-state index in [1.54, 1.807) is 0 Å². The summed E-state index contributed by atoms with van der Waals surface area (Å²) >= 11 is 0. The molecular formula is C23H17N3O. The number of hydrogen-bond donors (Lipinski definition) is 1. The van der Waals surface area contributed by atoms with Crippen LogP contribution in [0.15, 0.2) is 78.9 Å². The maximum Gasteiger partial charge on any atom is 0.161 e. The van der Waals surface area contributed by atoms with Crippen LogP contribution in [0.5, 0.6) is 5.75 Å². The summed E-state index contributed by atoms with van der Waals surface area (Å²) in [7, 11) is 0. The van der Waals surface area contributed by atoms with Gasteiger partial charge in [0.25, 0.3) is 0 Å². The molecule has 0 amide bonds. The van der Waals surface area contributed by atoms with Crippen LogP contribution in [-0.2, 0) is 0 Å². The average molecular weight is 351 g/mol. The monoisotopic (exact) mass is 351 g/mol. The Bertz CT molecular complexity index is 1100. The molecule has 0 spiro atoms. The highest BCUT2D eigenvalue weighted by Crippen LogP contribution is 2.31. The summed E-state index contributed by atoms with van der Waals surface area (Å²) in [6.45, 7) is 0.252. The Morgan fingerprint density at radius 2 is 1.52 bits per heavy atom. The number of nitrogens with zero attached hydrogens (tertiary/aromatic N) is 2. The van der Waals surface area contributed by atoms with Gasteiger partial charge in [0.15, 0.2) is 5.82 Å². The van der Waals surface area contributed by atoms with E-state index in [1.165, 1.54) is 0 Å². The minimum atomic E-state index is 0.252. The molecule has 27 heavy (non-hydrogen) atoms. The van der Waals surface area contributed by atoms with Gasteiger partial charge in [-0.05, 0) is 36.4 Å². The molecule has 0 aliphatic heterocycles. The van der Waals surface area contributed by atoms with Gasteiger partial charge in [0.05, 0.1) is 0 Å². The largest absolute Gasteiger partial charge is 0.481 e. The number of hydrogen-bond acceptors (Lipinski definition) is 4. The Morgan fingerprint density at radius 1 is 0.815 bits per heavy atom. The molecule has 0 fully saturated rings. The van der Waals surface area contributed by atoms with Crippen LogP contribution in [0.25, 0.3) is 22.0 Å². The van der Waals surface area contributed by atoms with Crippen molar-refractivity contribution in [1.29, 1.82) is 0 Å².